The third-order valence-corrected chi connectivity index (χ3v) is 6.62. The number of rotatable bonds is 2. The molecule has 1 aliphatic heterocycles. The van der Waals surface area contributed by atoms with Crippen LogP contribution in [-0.2, 0) is 4.74 Å². The van der Waals surface area contributed by atoms with E-state index in [0.717, 1.165) is 26.3 Å². The Morgan fingerprint density at radius 3 is 2.36 bits per heavy atom. The van der Waals surface area contributed by atoms with Crippen LogP contribution < -0.4 is 0 Å². The van der Waals surface area contributed by atoms with Crippen LogP contribution in [0.1, 0.15) is 0 Å². The third kappa shape index (κ3) is 2.60. The SMILES string of the molecule is [Li][CH2][Si](C)(C)N1CCOCC1. The van der Waals surface area contributed by atoms with Gasteiger partial charge in [0.15, 0.2) is 0 Å². The molecule has 1 aliphatic rings. The van der Waals surface area contributed by atoms with Gasteiger partial charge in [-0.05, 0) is 0 Å². The molecule has 1 rings (SSSR count). The Morgan fingerprint density at radius 1 is 1.36 bits per heavy atom. The predicted octanol–water partition coefficient (Wildman–Crippen LogP) is 0.650. The van der Waals surface area contributed by atoms with Gasteiger partial charge < -0.3 is 0 Å². The van der Waals surface area contributed by atoms with Gasteiger partial charge in [0.1, 0.15) is 0 Å². The van der Waals surface area contributed by atoms with Crippen molar-refractivity contribution in [3.63, 3.8) is 0 Å². The molecule has 1 saturated heterocycles. The van der Waals surface area contributed by atoms with Crippen molar-refractivity contribution in [1.82, 2.24) is 4.57 Å². The molecule has 0 aliphatic carbocycles. The summed E-state index contributed by atoms with van der Waals surface area (Å²) >= 11 is 2.31. The van der Waals surface area contributed by atoms with Gasteiger partial charge in [0.25, 0.3) is 0 Å². The first-order valence-corrected chi connectivity index (χ1v) is 7.65. The molecule has 60 valence electrons. The average molecular weight is 165 g/mol. The van der Waals surface area contributed by atoms with Crippen molar-refractivity contribution >= 4 is 26.0 Å². The molecule has 0 atom stereocenters. The molecule has 0 aromatic carbocycles. The van der Waals surface area contributed by atoms with Gasteiger partial charge in [-0.15, -0.1) is 0 Å². The molecule has 0 unspecified atom stereocenters. The molecule has 11 heavy (non-hydrogen) atoms. The van der Waals surface area contributed by atoms with Gasteiger partial charge in [-0.3, -0.25) is 0 Å². The first-order valence-electron chi connectivity index (χ1n) is 4.49. The van der Waals surface area contributed by atoms with Crippen LogP contribution in [-0.4, -0.2) is 56.8 Å². The van der Waals surface area contributed by atoms with Gasteiger partial charge in [-0.25, -0.2) is 0 Å². The van der Waals surface area contributed by atoms with E-state index >= 15 is 0 Å². The maximum atomic E-state index is 5.32. The van der Waals surface area contributed by atoms with Crippen LogP contribution in [0.5, 0.6) is 0 Å². The summed E-state index contributed by atoms with van der Waals surface area (Å²) in [6, 6.07) is 0. The van der Waals surface area contributed by atoms with Crippen molar-refractivity contribution in [3.8, 4) is 0 Å². The van der Waals surface area contributed by atoms with Crippen LogP contribution in [0.4, 0.5) is 0 Å². The Kier molecular flexibility index (Phi) is 3.67. The molecule has 0 bridgehead atoms. The summed E-state index contributed by atoms with van der Waals surface area (Å²) in [7, 11) is -1.02. The molecule has 1 heterocycles. The van der Waals surface area contributed by atoms with Crippen molar-refractivity contribution in [2.45, 2.75) is 17.8 Å². The first kappa shape index (κ1) is 9.82. The molecule has 4 heteroatoms. The van der Waals surface area contributed by atoms with Crippen LogP contribution in [0.15, 0.2) is 0 Å². The molecular weight excluding hydrogens is 149 g/mol. The van der Waals surface area contributed by atoms with Crippen molar-refractivity contribution < 1.29 is 4.74 Å². The van der Waals surface area contributed by atoms with Crippen molar-refractivity contribution in [1.29, 1.82) is 0 Å². The average Bonchev–Trinajstić information content (AvgIpc) is 2.06. The van der Waals surface area contributed by atoms with Gasteiger partial charge in [0.05, 0.1) is 0 Å². The molecule has 1 fully saturated rings. The summed E-state index contributed by atoms with van der Waals surface area (Å²) in [6.07, 6.45) is 0. The number of ether oxygens (including phenoxy) is 1. The molecule has 0 spiro atoms. The van der Waals surface area contributed by atoms with Gasteiger partial charge in [-0.2, -0.15) is 0 Å². The number of morpholine rings is 1. The zero-order chi connectivity index (χ0) is 8.32. The van der Waals surface area contributed by atoms with E-state index in [9.17, 15) is 0 Å². The van der Waals surface area contributed by atoms with E-state index in [-0.39, 0.29) is 0 Å². The van der Waals surface area contributed by atoms with Crippen molar-refractivity contribution in [2.24, 2.45) is 0 Å². The van der Waals surface area contributed by atoms with E-state index in [1.807, 2.05) is 0 Å². The Bertz CT molecular complexity index is 126. The summed E-state index contributed by atoms with van der Waals surface area (Å²) in [6.45, 7) is 9.09. The van der Waals surface area contributed by atoms with Gasteiger partial charge >= 0.3 is 79.4 Å². The Balaban J connectivity index is 2.43. The Morgan fingerprint density at radius 2 is 1.91 bits per heavy atom. The second-order valence-corrected chi connectivity index (χ2v) is 8.73. The van der Waals surface area contributed by atoms with E-state index in [4.69, 9.17) is 4.74 Å². The predicted molar refractivity (Wildman–Crippen MR) is 50.4 cm³/mol. The van der Waals surface area contributed by atoms with E-state index in [0.29, 0.717) is 0 Å². The second kappa shape index (κ2) is 4.11. The molecule has 0 aromatic heterocycles. The summed E-state index contributed by atoms with van der Waals surface area (Å²) in [4.78, 5) is 0. The fourth-order valence-electron chi connectivity index (χ4n) is 1.39. The van der Waals surface area contributed by atoms with Gasteiger partial charge in [-0.1, -0.05) is 0 Å². The summed E-state index contributed by atoms with van der Waals surface area (Å²) in [5.74, 6) is 0. The quantitative estimate of drug-likeness (QED) is 0.557. The molecule has 2 nitrogen and oxygen atoms in total. The standard InChI is InChI=1S/C7H16NOSi.Li/c1-10(2,3)8-4-6-9-7-5-8;/h1,4-7H2,2-3H3;. The summed E-state index contributed by atoms with van der Waals surface area (Å²) < 4.78 is 9.32. The fraction of sp³-hybridized carbons (Fsp3) is 1.00. The minimum absolute atomic E-state index is 0.941. The number of hydrogen-bond donors (Lipinski definition) is 0. The third-order valence-electron chi connectivity index (χ3n) is 2.73. The zero-order valence-electron chi connectivity index (χ0n) is 7.89. The van der Waals surface area contributed by atoms with E-state index < -0.39 is 8.24 Å². The van der Waals surface area contributed by atoms with Crippen LogP contribution >= 0.6 is 0 Å². The van der Waals surface area contributed by atoms with Gasteiger partial charge in [0.2, 0.25) is 0 Å². The first-order chi connectivity index (χ1) is 5.17. The van der Waals surface area contributed by atoms with E-state index in [1.165, 1.54) is 4.72 Å². The number of nitrogens with zero attached hydrogens (tertiary/aromatic N) is 1. The maximum absolute atomic E-state index is 5.32. The minimum atomic E-state index is -1.02. The molecule has 0 N–H and O–H groups in total. The van der Waals surface area contributed by atoms with Crippen molar-refractivity contribution in [2.75, 3.05) is 26.3 Å². The van der Waals surface area contributed by atoms with E-state index in [2.05, 4.69) is 35.4 Å². The topological polar surface area (TPSA) is 12.5 Å². The summed E-state index contributed by atoms with van der Waals surface area (Å²) in [5.41, 5.74) is 0. The number of hydrogen-bond acceptors (Lipinski definition) is 2. The molecule has 0 amide bonds. The van der Waals surface area contributed by atoms with Gasteiger partial charge in [0, 0.05) is 0 Å². The molecule has 0 aromatic rings. The normalized spacial score (nSPS) is 22.2. The van der Waals surface area contributed by atoms with Crippen LogP contribution in [0, 0.1) is 0 Å². The molecular formula is C7H16LiNOSi. The van der Waals surface area contributed by atoms with Crippen molar-refractivity contribution in [3.05, 3.63) is 0 Å². The van der Waals surface area contributed by atoms with Crippen LogP contribution in [0.3, 0.4) is 0 Å². The van der Waals surface area contributed by atoms with Crippen LogP contribution in [0.2, 0.25) is 17.8 Å². The molecule has 0 saturated carbocycles. The Hall–Kier alpha value is 0.734. The monoisotopic (exact) mass is 165 g/mol. The van der Waals surface area contributed by atoms with Crippen LogP contribution in [0.25, 0.3) is 0 Å². The summed E-state index contributed by atoms with van der Waals surface area (Å²) in [5, 5.41) is 0. The van der Waals surface area contributed by atoms with E-state index in [1.54, 1.807) is 0 Å². The molecule has 0 radical (unpaired) electrons. The Labute approximate surface area is 79.6 Å². The second-order valence-electron chi connectivity index (χ2n) is 3.77. The fourth-order valence-corrected chi connectivity index (χ4v) is 3.23. The zero-order valence-corrected chi connectivity index (χ0v) is 8.89.